The van der Waals surface area contributed by atoms with Gasteiger partial charge in [0.05, 0.1) is 12.1 Å². The molecule has 0 radical (unpaired) electrons. The molecule has 3 aromatic carbocycles. The van der Waals surface area contributed by atoms with Gasteiger partial charge in [0.2, 0.25) is 11.9 Å². The van der Waals surface area contributed by atoms with E-state index in [9.17, 15) is 19.2 Å². The number of benzene rings is 3. The zero-order valence-corrected chi connectivity index (χ0v) is 42.7. The second-order valence-corrected chi connectivity index (χ2v) is 19.2. The average Bonchev–Trinajstić information content (AvgIpc) is 3.36. The zero-order chi connectivity index (χ0) is 52.5. The van der Waals surface area contributed by atoms with Crippen molar-refractivity contribution in [1.29, 1.82) is 0 Å². The molecule has 0 aliphatic carbocycles. The number of anilines is 4. The topological polar surface area (TPSA) is 234 Å². The third-order valence-electron chi connectivity index (χ3n) is 10.9. The highest BCUT2D eigenvalue weighted by atomic mass is 16.6. The molecule has 18 heteroatoms. The van der Waals surface area contributed by atoms with Crippen molar-refractivity contribution < 1.29 is 19.1 Å². The molecule has 2 atom stereocenters. The zero-order valence-electron chi connectivity index (χ0n) is 42.7. The number of nitrogens with one attached hydrogen (secondary N) is 5. The van der Waals surface area contributed by atoms with Crippen LogP contribution in [0.2, 0.25) is 0 Å². The van der Waals surface area contributed by atoms with Gasteiger partial charge in [-0.15, -0.1) is 0 Å². The predicted molar refractivity (Wildman–Crippen MR) is 287 cm³/mol. The highest BCUT2D eigenvalue weighted by Crippen LogP contribution is 2.25. The first-order valence-corrected chi connectivity index (χ1v) is 23.9. The van der Waals surface area contributed by atoms with Gasteiger partial charge in [-0.2, -0.15) is 0 Å². The first kappa shape index (κ1) is 53.8. The number of carbonyl (C=O) groups is 2. The number of alkyl carbamates (subject to hydrolysis) is 2. The number of hydrogen-bond acceptors (Lipinski definition) is 14. The molecule has 0 aliphatic rings. The average molecular weight is 991 g/mol. The minimum absolute atomic E-state index is 0.0574. The van der Waals surface area contributed by atoms with Crippen LogP contribution >= 0.6 is 0 Å². The van der Waals surface area contributed by atoms with E-state index < -0.39 is 23.4 Å². The van der Waals surface area contributed by atoms with Crippen molar-refractivity contribution in [2.75, 3.05) is 34.8 Å². The van der Waals surface area contributed by atoms with E-state index in [1.54, 1.807) is 51.0 Å². The summed E-state index contributed by atoms with van der Waals surface area (Å²) in [6, 6.07) is 36.0. The molecule has 382 valence electrons. The Hall–Kier alpha value is -8.54. The Kier molecular flexibility index (Phi) is 18.4. The van der Waals surface area contributed by atoms with Crippen LogP contribution in [-0.4, -0.2) is 77.6 Å². The lowest BCUT2D eigenvalue weighted by Crippen LogP contribution is -2.44. The van der Waals surface area contributed by atoms with Crippen LogP contribution in [0.4, 0.5) is 32.9 Å². The lowest BCUT2D eigenvalue weighted by Gasteiger charge is -2.24. The lowest BCUT2D eigenvalue weighted by molar-refractivity contribution is 0.0495. The molecule has 0 saturated heterocycles. The van der Waals surface area contributed by atoms with Crippen LogP contribution in [-0.2, 0) is 43.0 Å². The van der Waals surface area contributed by atoms with Gasteiger partial charge < -0.3 is 41.8 Å². The summed E-state index contributed by atoms with van der Waals surface area (Å²) in [7, 11) is 3.27. The third kappa shape index (κ3) is 16.5. The van der Waals surface area contributed by atoms with Crippen molar-refractivity contribution in [2.45, 2.75) is 84.2 Å². The van der Waals surface area contributed by atoms with E-state index in [2.05, 4.69) is 41.5 Å². The second-order valence-electron chi connectivity index (χ2n) is 19.2. The fourth-order valence-corrected chi connectivity index (χ4v) is 7.45. The summed E-state index contributed by atoms with van der Waals surface area (Å²) in [5, 5.41) is 15.6. The van der Waals surface area contributed by atoms with Gasteiger partial charge in [0.25, 0.3) is 11.1 Å². The second kappa shape index (κ2) is 25.0. The normalized spacial score (nSPS) is 12.0. The Labute approximate surface area is 425 Å². The van der Waals surface area contributed by atoms with Crippen LogP contribution in [0.5, 0.6) is 0 Å². The molecule has 73 heavy (non-hydrogen) atoms. The van der Waals surface area contributed by atoms with Crippen molar-refractivity contribution >= 4 is 35.5 Å². The highest BCUT2D eigenvalue weighted by molar-refractivity contribution is 5.75. The van der Waals surface area contributed by atoms with Crippen LogP contribution in [0.15, 0.2) is 150 Å². The van der Waals surface area contributed by atoms with Crippen molar-refractivity contribution in [2.24, 2.45) is 14.1 Å². The fraction of sp³-hybridized carbons (Fsp3) is 0.309. The Morgan fingerprint density at radius 1 is 0.548 bits per heavy atom. The maximum atomic E-state index is 13.6. The molecule has 0 spiro atoms. The number of amides is 2. The van der Waals surface area contributed by atoms with Gasteiger partial charge >= 0.3 is 12.2 Å². The molecule has 7 aromatic rings. The number of hydrogen-bond donors (Lipinski definition) is 6. The third-order valence-corrected chi connectivity index (χ3v) is 10.9. The first-order valence-electron chi connectivity index (χ1n) is 23.9. The van der Waals surface area contributed by atoms with Gasteiger partial charge in [-0.3, -0.25) is 28.7 Å². The van der Waals surface area contributed by atoms with Crippen LogP contribution < -0.4 is 43.4 Å². The largest absolute Gasteiger partial charge is 0.444 e. The maximum absolute atomic E-state index is 13.6. The number of carbonyl (C=O) groups excluding carboxylic acids is 2. The van der Waals surface area contributed by atoms with Crippen LogP contribution in [0.1, 0.15) is 58.2 Å². The molecule has 0 saturated carbocycles. The van der Waals surface area contributed by atoms with E-state index in [0.717, 1.165) is 22.3 Å². The molecule has 0 unspecified atom stereocenters. The summed E-state index contributed by atoms with van der Waals surface area (Å²) in [6.07, 6.45) is 6.68. The molecule has 2 amide bonds. The first-order chi connectivity index (χ1) is 34.8. The number of rotatable bonds is 17. The number of pyridine rings is 2. The van der Waals surface area contributed by atoms with Crippen molar-refractivity contribution in [1.82, 2.24) is 39.7 Å². The molecule has 4 heterocycles. The van der Waals surface area contributed by atoms with Crippen LogP contribution in [0, 0.1) is 0 Å². The number of nitrogen functional groups attached to an aromatic ring is 1. The summed E-state index contributed by atoms with van der Waals surface area (Å²) in [5.41, 5.74) is 10.2. The lowest BCUT2D eigenvalue weighted by atomic mass is 10.1. The highest BCUT2D eigenvalue weighted by Gasteiger charge is 2.24. The molecular formula is C55H66N12O6. The quantitative estimate of drug-likeness (QED) is 0.0508. The van der Waals surface area contributed by atoms with E-state index in [1.807, 2.05) is 145 Å². The molecular weight excluding hydrogens is 925 g/mol. The van der Waals surface area contributed by atoms with Gasteiger partial charge in [-0.05, 0) is 95.3 Å². The van der Waals surface area contributed by atoms with Gasteiger partial charge in [-0.1, -0.05) is 91.0 Å². The van der Waals surface area contributed by atoms with Crippen LogP contribution in [0.25, 0.3) is 22.5 Å². The number of ether oxygens (including phenoxy) is 2. The SMILES string of the molecule is Cn1c(NC[C@H](Cc2ccccc2)NC(=O)OC(C)(C)C)nc(-c2ccncc2)c(N)c1=O.Cn1c(NC[C@H](Cc2ccccc2)NC(=O)OC(C)(C)C)nc(-c2ccncc2)c(NCc2ccccc2)c1=O. The van der Waals surface area contributed by atoms with Gasteiger partial charge in [0.1, 0.15) is 34.0 Å². The Balaban J connectivity index is 0.000000243. The van der Waals surface area contributed by atoms with E-state index >= 15 is 0 Å². The smallest absolute Gasteiger partial charge is 0.407 e. The van der Waals surface area contributed by atoms with E-state index in [0.29, 0.717) is 67.0 Å². The summed E-state index contributed by atoms with van der Waals surface area (Å²) >= 11 is 0. The molecule has 0 bridgehead atoms. The van der Waals surface area contributed by atoms with Crippen molar-refractivity contribution in [3.8, 4) is 22.5 Å². The monoisotopic (exact) mass is 991 g/mol. The van der Waals surface area contributed by atoms with Crippen molar-refractivity contribution in [3.05, 3.63) is 177 Å². The summed E-state index contributed by atoms with van der Waals surface area (Å²) in [5.74, 6) is 0.719. The van der Waals surface area contributed by atoms with E-state index in [1.165, 1.54) is 9.13 Å². The molecule has 0 aliphatic heterocycles. The Bertz CT molecular complexity index is 3000. The molecule has 7 N–H and O–H groups in total. The number of nitrogens with zero attached hydrogens (tertiary/aromatic N) is 6. The van der Waals surface area contributed by atoms with Gasteiger partial charge in [0, 0.05) is 69.6 Å². The standard InChI is InChI=1S/C31H36N6O3.C24H30N6O3/c1-31(2,3)40-30(39)35-25(19-22-11-7-5-8-12-22)21-34-29-36-26(24-15-17-32-18-16-24)27(28(38)37(29)4)33-20-23-13-9-6-10-14-23;1-24(2,3)33-23(32)28-18(14-16-8-6-5-7-9-16)15-27-22-29-20(17-10-12-26-13-11-17)19(25)21(31)30(22)4/h5-18,25,33H,19-21H2,1-4H3,(H,34,36)(H,35,39);5-13,18H,14-15,25H2,1-4H3,(H,27,29)(H,28,32)/t25-;18-/m00/s1. The maximum Gasteiger partial charge on any atom is 0.407 e. The number of nitrogens with two attached hydrogens (primary N) is 1. The summed E-state index contributed by atoms with van der Waals surface area (Å²) < 4.78 is 13.7. The van der Waals surface area contributed by atoms with E-state index in [4.69, 9.17) is 20.2 Å². The minimum atomic E-state index is -0.623. The molecule has 4 aromatic heterocycles. The molecule has 18 nitrogen and oxygen atoms in total. The predicted octanol–water partition coefficient (Wildman–Crippen LogP) is 7.97. The van der Waals surface area contributed by atoms with E-state index in [-0.39, 0.29) is 28.9 Å². The van der Waals surface area contributed by atoms with Crippen molar-refractivity contribution in [3.63, 3.8) is 0 Å². The fourth-order valence-electron chi connectivity index (χ4n) is 7.45. The summed E-state index contributed by atoms with van der Waals surface area (Å²) in [6.45, 7) is 12.0. The Morgan fingerprint density at radius 3 is 1.36 bits per heavy atom. The minimum Gasteiger partial charge on any atom is -0.444 e. The van der Waals surface area contributed by atoms with Crippen LogP contribution in [0.3, 0.4) is 0 Å². The molecule has 7 rings (SSSR count). The molecule has 0 fully saturated rings. The number of aromatic nitrogens is 6. The Morgan fingerprint density at radius 2 is 0.932 bits per heavy atom. The van der Waals surface area contributed by atoms with Gasteiger partial charge in [0.15, 0.2) is 0 Å². The van der Waals surface area contributed by atoms with Gasteiger partial charge in [-0.25, -0.2) is 19.6 Å². The summed E-state index contributed by atoms with van der Waals surface area (Å²) in [4.78, 5) is 68.9.